The molecule has 13 heavy (non-hydrogen) atoms. The Morgan fingerprint density at radius 3 is 2.00 bits per heavy atom. The van der Waals surface area contributed by atoms with Crippen molar-refractivity contribution in [1.82, 2.24) is 0 Å². The lowest BCUT2D eigenvalue weighted by Crippen LogP contribution is -2.30. The van der Waals surface area contributed by atoms with Crippen LogP contribution < -0.4 is 5.73 Å². The molecule has 0 bridgehead atoms. The summed E-state index contributed by atoms with van der Waals surface area (Å²) < 4.78 is 0. The Hall–Kier alpha value is -0.300. The van der Waals surface area contributed by atoms with Crippen molar-refractivity contribution in [1.29, 1.82) is 0 Å². The smallest absolute Gasteiger partial charge is 0.0109 e. The third kappa shape index (κ3) is 3.15. The summed E-state index contributed by atoms with van der Waals surface area (Å²) in [5.41, 5.74) is 8.04. The second-order valence-electron chi connectivity index (χ2n) is 5.96. The Labute approximate surface area is 82.4 Å². The van der Waals surface area contributed by atoms with E-state index in [0.29, 0.717) is 17.4 Å². The van der Waals surface area contributed by atoms with E-state index in [4.69, 9.17) is 5.73 Å². The summed E-state index contributed by atoms with van der Waals surface area (Å²) in [7, 11) is 0. The Kier molecular flexibility index (Phi) is 2.86. The maximum atomic E-state index is 5.56. The van der Waals surface area contributed by atoms with Crippen molar-refractivity contribution in [2.75, 3.05) is 6.54 Å². The largest absolute Gasteiger partial charge is 0.327 e. The van der Waals surface area contributed by atoms with E-state index in [0.717, 1.165) is 0 Å². The topological polar surface area (TPSA) is 26.0 Å². The summed E-state index contributed by atoms with van der Waals surface area (Å²) in [4.78, 5) is 0. The Balaban J connectivity index is 2.78. The highest BCUT2D eigenvalue weighted by atomic mass is 14.5. The van der Waals surface area contributed by atoms with Crippen molar-refractivity contribution >= 4 is 0 Å². The maximum absolute atomic E-state index is 5.56. The molecule has 0 aromatic carbocycles. The van der Waals surface area contributed by atoms with Crippen LogP contribution >= 0.6 is 0 Å². The number of allylic oxidation sites excluding steroid dienone is 1. The highest BCUT2D eigenvalue weighted by Crippen LogP contribution is 2.47. The molecular formula is C12H23N. The van der Waals surface area contributed by atoms with Gasteiger partial charge < -0.3 is 5.73 Å². The van der Waals surface area contributed by atoms with E-state index in [9.17, 15) is 0 Å². The first-order chi connectivity index (χ1) is 5.85. The van der Waals surface area contributed by atoms with Crippen LogP contribution in [-0.4, -0.2) is 6.54 Å². The van der Waals surface area contributed by atoms with E-state index in [-0.39, 0.29) is 0 Å². The van der Waals surface area contributed by atoms with Gasteiger partial charge in [-0.3, -0.25) is 0 Å². The molecule has 1 rings (SSSR count). The van der Waals surface area contributed by atoms with Gasteiger partial charge in [-0.15, -0.1) is 0 Å². The van der Waals surface area contributed by atoms with Crippen molar-refractivity contribution in [3.05, 3.63) is 11.6 Å². The lowest BCUT2D eigenvalue weighted by Gasteiger charge is -2.42. The zero-order valence-electron chi connectivity index (χ0n) is 9.48. The van der Waals surface area contributed by atoms with E-state index in [1.165, 1.54) is 19.3 Å². The number of rotatable bonds is 1. The van der Waals surface area contributed by atoms with E-state index >= 15 is 0 Å². The standard InChI is InChI=1S/C12H23N/c1-11(2)7-10(5-6-13)8-12(3,4)9-11/h5H,6-9,13H2,1-4H3. The monoisotopic (exact) mass is 181 g/mol. The molecule has 0 heterocycles. The quantitative estimate of drug-likeness (QED) is 0.618. The predicted molar refractivity (Wildman–Crippen MR) is 58.6 cm³/mol. The molecule has 1 aliphatic carbocycles. The highest BCUT2D eigenvalue weighted by Gasteiger charge is 2.35. The molecular weight excluding hydrogens is 158 g/mol. The van der Waals surface area contributed by atoms with Crippen LogP contribution in [0, 0.1) is 10.8 Å². The van der Waals surface area contributed by atoms with Gasteiger partial charge in [0.15, 0.2) is 0 Å². The van der Waals surface area contributed by atoms with Crippen molar-refractivity contribution in [3.8, 4) is 0 Å². The third-order valence-corrected chi connectivity index (χ3v) is 2.77. The molecule has 0 atom stereocenters. The minimum absolute atomic E-state index is 0.461. The van der Waals surface area contributed by atoms with E-state index < -0.39 is 0 Å². The highest BCUT2D eigenvalue weighted by molar-refractivity contribution is 5.12. The van der Waals surface area contributed by atoms with E-state index in [1.807, 2.05) is 0 Å². The third-order valence-electron chi connectivity index (χ3n) is 2.77. The van der Waals surface area contributed by atoms with Crippen molar-refractivity contribution in [2.24, 2.45) is 16.6 Å². The first kappa shape index (κ1) is 10.8. The molecule has 1 heteroatoms. The Bertz CT molecular complexity index is 193. The summed E-state index contributed by atoms with van der Waals surface area (Å²) in [6, 6.07) is 0. The first-order valence-electron chi connectivity index (χ1n) is 5.23. The van der Waals surface area contributed by atoms with Crippen LogP contribution in [0.3, 0.4) is 0 Å². The normalized spacial score (nSPS) is 25.8. The van der Waals surface area contributed by atoms with E-state index in [2.05, 4.69) is 33.8 Å². The average Bonchev–Trinajstić information content (AvgIpc) is 1.78. The molecule has 0 unspecified atom stereocenters. The van der Waals surface area contributed by atoms with Crippen LogP contribution in [0.4, 0.5) is 0 Å². The first-order valence-corrected chi connectivity index (χ1v) is 5.23. The number of hydrogen-bond donors (Lipinski definition) is 1. The zero-order valence-corrected chi connectivity index (χ0v) is 9.48. The minimum Gasteiger partial charge on any atom is -0.327 e. The van der Waals surface area contributed by atoms with Crippen LogP contribution in [0.5, 0.6) is 0 Å². The van der Waals surface area contributed by atoms with Gasteiger partial charge in [-0.1, -0.05) is 39.3 Å². The fourth-order valence-electron chi connectivity index (χ4n) is 3.02. The van der Waals surface area contributed by atoms with Gasteiger partial charge in [-0.2, -0.15) is 0 Å². The van der Waals surface area contributed by atoms with Gasteiger partial charge in [0.1, 0.15) is 0 Å². The minimum atomic E-state index is 0.461. The zero-order chi connectivity index (χ0) is 10.1. The summed E-state index contributed by atoms with van der Waals surface area (Å²) >= 11 is 0. The molecule has 2 N–H and O–H groups in total. The van der Waals surface area contributed by atoms with Crippen molar-refractivity contribution in [3.63, 3.8) is 0 Å². The molecule has 0 saturated heterocycles. The number of nitrogens with two attached hydrogens (primary N) is 1. The van der Waals surface area contributed by atoms with Gasteiger partial charge in [-0.25, -0.2) is 0 Å². The second kappa shape index (κ2) is 3.45. The van der Waals surface area contributed by atoms with Crippen molar-refractivity contribution < 1.29 is 0 Å². The molecule has 0 aliphatic heterocycles. The molecule has 0 amide bonds. The SMILES string of the molecule is CC1(C)CC(=CCN)CC(C)(C)C1. The van der Waals surface area contributed by atoms with Crippen molar-refractivity contribution in [2.45, 2.75) is 47.0 Å². The number of hydrogen-bond acceptors (Lipinski definition) is 1. The summed E-state index contributed by atoms with van der Waals surface area (Å²) in [5.74, 6) is 0. The average molecular weight is 181 g/mol. The molecule has 1 aliphatic rings. The molecule has 0 spiro atoms. The predicted octanol–water partition coefficient (Wildman–Crippen LogP) is 3.11. The molecule has 1 saturated carbocycles. The van der Waals surface area contributed by atoms with Crippen LogP contribution in [0.1, 0.15) is 47.0 Å². The molecule has 0 aromatic heterocycles. The van der Waals surface area contributed by atoms with Crippen LogP contribution in [-0.2, 0) is 0 Å². The maximum Gasteiger partial charge on any atom is 0.0109 e. The van der Waals surface area contributed by atoms with Gasteiger partial charge >= 0.3 is 0 Å². The van der Waals surface area contributed by atoms with Gasteiger partial charge in [0.2, 0.25) is 0 Å². The van der Waals surface area contributed by atoms with Crippen LogP contribution in [0.2, 0.25) is 0 Å². The van der Waals surface area contributed by atoms with Crippen LogP contribution in [0.25, 0.3) is 0 Å². The van der Waals surface area contributed by atoms with Crippen LogP contribution in [0.15, 0.2) is 11.6 Å². The summed E-state index contributed by atoms with van der Waals surface area (Å²) in [6.45, 7) is 10.1. The Morgan fingerprint density at radius 2 is 1.62 bits per heavy atom. The molecule has 0 radical (unpaired) electrons. The lowest BCUT2D eigenvalue weighted by molar-refractivity contribution is 0.154. The lowest BCUT2D eigenvalue weighted by atomic mass is 9.63. The molecule has 1 nitrogen and oxygen atoms in total. The second-order valence-corrected chi connectivity index (χ2v) is 5.96. The van der Waals surface area contributed by atoms with Gasteiger partial charge in [0.05, 0.1) is 0 Å². The molecule has 76 valence electrons. The molecule has 1 fully saturated rings. The molecule has 0 aromatic rings. The van der Waals surface area contributed by atoms with E-state index in [1.54, 1.807) is 5.57 Å². The van der Waals surface area contributed by atoms with Gasteiger partial charge in [0, 0.05) is 6.54 Å². The van der Waals surface area contributed by atoms with Gasteiger partial charge in [-0.05, 0) is 30.1 Å². The Morgan fingerprint density at radius 1 is 1.15 bits per heavy atom. The summed E-state index contributed by atoms with van der Waals surface area (Å²) in [5, 5.41) is 0. The van der Waals surface area contributed by atoms with Gasteiger partial charge in [0.25, 0.3) is 0 Å². The summed E-state index contributed by atoms with van der Waals surface area (Å²) in [6.07, 6.45) is 5.99. The fourth-order valence-corrected chi connectivity index (χ4v) is 3.02. The fraction of sp³-hybridized carbons (Fsp3) is 0.833.